The molecule has 5 nitrogen and oxygen atoms in total. The number of aryl methyl sites for hydroxylation is 1. The predicted molar refractivity (Wildman–Crippen MR) is 98.6 cm³/mol. The van der Waals surface area contributed by atoms with Gasteiger partial charge < -0.3 is 14.4 Å². The summed E-state index contributed by atoms with van der Waals surface area (Å²) >= 11 is 0. The van der Waals surface area contributed by atoms with Crippen molar-refractivity contribution in [3.63, 3.8) is 0 Å². The Hall–Kier alpha value is -2.04. The summed E-state index contributed by atoms with van der Waals surface area (Å²) in [6.07, 6.45) is 2.07. The fourth-order valence-electron chi connectivity index (χ4n) is 2.29. The van der Waals surface area contributed by atoms with Crippen LogP contribution in [0.3, 0.4) is 0 Å². The van der Waals surface area contributed by atoms with Gasteiger partial charge in [0, 0.05) is 13.1 Å². The number of esters is 1. The summed E-state index contributed by atoms with van der Waals surface area (Å²) in [7, 11) is 0. The third kappa shape index (κ3) is 8.57. The Morgan fingerprint density at radius 3 is 2.32 bits per heavy atom. The number of nitrogens with zero attached hydrogens (tertiary/aromatic N) is 1. The van der Waals surface area contributed by atoms with E-state index in [0.717, 1.165) is 12.8 Å². The highest BCUT2D eigenvalue weighted by Gasteiger charge is 2.16. The van der Waals surface area contributed by atoms with Crippen molar-refractivity contribution >= 4 is 11.9 Å². The van der Waals surface area contributed by atoms with Crippen LogP contribution in [0.2, 0.25) is 0 Å². The average molecular weight is 349 g/mol. The van der Waals surface area contributed by atoms with E-state index in [1.165, 1.54) is 5.56 Å². The maximum Gasteiger partial charge on any atom is 0.307 e. The Bertz CT molecular complexity index is 525. The first-order chi connectivity index (χ1) is 12.0. The van der Waals surface area contributed by atoms with Crippen molar-refractivity contribution in [2.24, 2.45) is 5.92 Å². The molecule has 0 aliphatic rings. The lowest BCUT2D eigenvalue weighted by molar-refractivity contribution is -0.144. The van der Waals surface area contributed by atoms with E-state index in [0.29, 0.717) is 31.4 Å². The number of hydrogen-bond donors (Lipinski definition) is 0. The van der Waals surface area contributed by atoms with Gasteiger partial charge >= 0.3 is 5.97 Å². The Balaban J connectivity index is 2.55. The van der Waals surface area contributed by atoms with Crippen LogP contribution in [0.25, 0.3) is 0 Å². The van der Waals surface area contributed by atoms with E-state index in [9.17, 15) is 9.59 Å². The van der Waals surface area contributed by atoms with Crippen LogP contribution in [0.15, 0.2) is 24.3 Å². The fourth-order valence-corrected chi connectivity index (χ4v) is 2.29. The zero-order valence-electron chi connectivity index (χ0n) is 15.9. The quantitative estimate of drug-likeness (QED) is 0.574. The topological polar surface area (TPSA) is 55.8 Å². The van der Waals surface area contributed by atoms with Crippen molar-refractivity contribution in [1.82, 2.24) is 4.90 Å². The van der Waals surface area contributed by atoms with Gasteiger partial charge in [-0.15, -0.1) is 0 Å². The molecule has 0 aliphatic carbocycles. The lowest BCUT2D eigenvalue weighted by Crippen LogP contribution is -2.37. The third-order valence-electron chi connectivity index (χ3n) is 3.91. The number of hydrogen-bond acceptors (Lipinski definition) is 4. The van der Waals surface area contributed by atoms with Crippen molar-refractivity contribution in [2.45, 2.75) is 47.0 Å². The van der Waals surface area contributed by atoms with Gasteiger partial charge in [-0.05, 0) is 43.4 Å². The molecule has 0 bridgehead atoms. The minimum Gasteiger partial charge on any atom is -0.484 e. The number of carbonyl (C=O) groups excluding carboxylic acids is 2. The maximum absolute atomic E-state index is 12.5. The Kier molecular flexibility index (Phi) is 9.66. The third-order valence-corrected chi connectivity index (χ3v) is 3.91. The summed E-state index contributed by atoms with van der Waals surface area (Å²) in [4.78, 5) is 25.7. The van der Waals surface area contributed by atoms with Crippen LogP contribution in [-0.2, 0) is 20.7 Å². The van der Waals surface area contributed by atoms with Gasteiger partial charge in [-0.1, -0.05) is 32.9 Å². The normalized spacial score (nSPS) is 10.6. The highest BCUT2D eigenvalue weighted by molar-refractivity contribution is 5.78. The molecule has 1 aromatic carbocycles. The highest BCUT2D eigenvalue weighted by Crippen LogP contribution is 2.13. The first-order valence-electron chi connectivity index (χ1n) is 9.11. The Labute approximate surface area is 151 Å². The standard InChI is InChI=1S/C20H31NO4/c1-5-17-7-9-18(10-8-17)25-15-19(22)21(13-11-16(3)4)14-12-20(23)24-6-2/h7-10,16H,5-6,11-15H2,1-4H3. The van der Waals surface area contributed by atoms with Crippen molar-refractivity contribution in [3.8, 4) is 5.75 Å². The second kappa shape index (κ2) is 11.5. The minimum absolute atomic E-state index is 0.0214. The van der Waals surface area contributed by atoms with Gasteiger partial charge in [-0.25, -0.2) is 0 Å². The molecule has 0 saturated heterocycles. The lowest BCUT2D eigenvalue weighted by Gasteiger charge is -2.23. The van der Waals surface area contributed by atoms with Crippen LogP contribution < -0.4 is 4.74 Å². The van der Waals surface area contributed by atoms with Gasteiger partial charge in [0.2, 0.25) is 0 Å². The number of carbonyl (C=O) groups is 2. The Morgan fingerprint density at radius 2 is 1.76 bits per heavy atom. The highest BCUT2D eigenvalue weighted by atomic mass is 16.5. The van der Waals surface area contributed by atoms with Crippen LogP contribution in [0.5, 0.6) is 5.75 Å². The molecule has 0 aliphatic heterocycles. The van der Waals surface area contributed by atoms with E-state index < -0.39 is 0 Å². The monoisotopic (exact) mass is 349 g/mol. The number of benzene rings is 1. The van der Waals surface area contributed by atoms with E-state index in [1.807, 2.05) is 24.3 Å². The van der Waals surface area contributed by atoms with E-state index in [-0.39, 0.29) is 24.9 Å². The van der Waals surface area contributed by atoms with Crippen LogP contribution in [0.1, 0.15) is 46.1 Å². The van der Waals surface area contributed by atoms with Crippen LogP contribution in [0, 0.1) is 5.92 Å². The summed E-state index contributed by atoms with van der Waals surface area (Å²) in [6.45, 7) is 9.41. The van der Waals surface area contributed by atoms with Crippen molar-refractivity contribution < 1.29 is 19.1 Å². The molecule has 0 N–H and O–H groups in total. The number of rotatable bonds is 11. The molecule has 1 aromatic rings. The largest absolute Gasteiger partial charge is 0.484 e. The minimum atomic E-state index is -0.277. The van der Waals surface area contributed by atoms with Gasteiger partial charge in [-0.2, -0.15) is 0 Å². The molecule has 0 spiro atoms. The Morgan fingerprint density at radius 1 is 1.08 bits per heavy atom. The molecule has 1 rings (SSSR count). The average Bonchev–Trinajstić information content (AvgIpc) is 2.60. The second-order valence-electron chi connectivity index (χ2n) is 6.40. The van der Waals surface area contributed by atoms with Gasteiger partial charge in [0.25, 0.3) is 5.91 Å². The van der Waals surface area contributed by atoms with Gasteiger partial charge in [0.15, 0.2) is 6.61 Å². The molecule has 1 amide bonds. The van der Waals surface area contributed by atoms with Gasteiger partial charge in [-0.3, -0.25) is 9.59 Å². The zero-order chi connectivity index (χ0) is 18.7. The summed E-state index contributed by atoms with van der Waals surface area (Å²) in [5, 5.41) is 0. The molecule has 0 atom stereocenters. The lowest BCUT2D eigenvalue weighted by atomic mass is 10.1. The number of amides is 1. The summed E-state index contributed by atoms with van der Waals surface area (Å²) in [5.74, 6) is 0.783. The van der Waals surface area contributed by atoms with E-state index in [1.54, 1.807) is 11.8 Å². The second-order valence-corrected chi connectivity index (χ2v) is 6.40. The molecule has 0 aromatic heterocycles. The molecule has 0 heterocycles. The number of ether oxygens (including phenoxy) is 2. The maximum atomic E-state index is 12.5. The van der Waals surface area contributed by atoms with E-state index >= 15 is 0 Å². The van der Waals surface area contributed by atoms with E-state index in [2.05, 4.69) is 20.8 Å². The molecular formula is C20H31NO4. The molecule has 0 saturated carbocycles. The first-order valence-corrected chi connectivity index (χ1v) is 9.11. The van der Waals surface area contributed by atoms with Crippen molar-refractivity contribution in [3.05, 3.63) is 29.8 Å². The van der Waals surface area contributed by atoms with E-state index in [4.69, 9.17) is 9.47 Å². The summed E-state index contributed by atoms with van der Waals surface area (Å²) in [6, 6.07) is 7.75. The first kappa shape index (κ1) is 21.0. The predicted octanol–water partition coefficient (Wildman–Crippen LogP) is 3.46. The van der Waals surface area contributed by atoms with Crippen LogP contribution >= 0.6 is 0 Å². The summed E-state index contributed by atoms with van der Waals surface area (Å²) in [5.41, 5.74) is 1.23. The fraction of sp³-hybridized carbons (Fsp3) is 0.600. The van der Waals surface area contributed by atoms with Gasteiger partial charge in [0.05, 0.1) is 13.0 Å². The summed E-state index contributed by atoms with van der Waals surface area (Å²) < 4.78 is 10.5. The molecule has 5 heteroatoms. The molecule has 140 valence electrons. The van der Waals surface area contributed by atoms with Crippen LogP contribution in [0.4, 0.5) is 0 Å². The van der Waals surface area contributed by atoms with Gasteiger partial charge in [0.1, 0.15) is 5.75 Å². The van der Waals surface area contributed by atoms with Crippen molar-refractivity contribution in [1.29, 1.82) is 0 Å². The molecule has 0 radical (unpaired) electrons. The smallest absolute Gasteiger partial charge is 0.307 e. The SMILES string of the molecule is CCOC(=O)CCN(CCC(C)C)C(=O)COc1ccc(CC)cc1. The molecular weight excluding hydrogens is 318 g/mol. The molecule has 0 unspecified atom stereocenters. The zero-order valence-corrected chi connectivity index (χ0v) is 15.9. The van der Waals surface area contributed by atoms with Crippen molar-refractivity contribution in [2.75, 3.05) is 26.3 Å². The van der Waals surface area contributed by atoms with Crippen LogP contribution in [-0.4, -0.2) is 43.1 Å². The molecule has 0 fully saturated rings. The molecule has 25 heavy (non-hydrogen) atoms.